The van der Waals surface area contributed by atoms with Crippen LogP contribution in [0.4, 0.5) is 11.4 Å². The first-order chi connectivity index (χ1) is 15.2. The van der Waals surface area contributed by atoms with Gasteiger partial charge in [0.2, 0.25) is 11.8 Å². The highest BCUT2D eigenvalue weighted by Gasteiger charge is 2.33. The molecule has 172 valence electrons. The van der Waals surface area contributed by atoms with E-state index in [1.54, 1.807) is 17.0 Å². The summed E-state index contributed by atoms with van der Waals surface area (Å²) in [5.41, 5.74) is 0.524. The predicted octanol–water partition coefficient (Wildman–Crippen LogP) is 2.31. The summed E-state index contributed by atoms with van der Waals surface area (Å²) in [6.07, 6.45) is 1.25. The topological polar surface area (TPSA) is 135 Å². The van der Waals surface area contributed by atoms with Crippen molar-refractivity contribution in [3.05, 3.63) is 45.6 Å². The summed E-state index contributed by atoms with van der Waals surface area (Å²) in [7, 11) is 0. The lowest BCUT2D eigenvalue weighted by Gasteiger charge is -2.27. The van der Waals surface area contributed by atoms with Gasteiger partial charge >= 0.3 is 0 Å². The first kappa shape index (κ1) is 23.2. The number of amides is 2. The van der Waals surface area contributed by atoms with Gasteiger partial charge in [-0.05, 0) is 32.4 Å². The fourth-order valence-electron chi connectivity index (χ4n) is 3.79. The summed E-state index contributed by atoms with van der Waals surface area (Å²) in [4.78, 5) is 43.6. The second-order valence-corrected chi connectivity index (χ2v) is 8.08. The van der Waals surface area contributed by atoms with Crippen molar-refractivity contribution in [1.29, 1.82) is 0 Å². The van der Waals surface area contributed by atoms with E-state index < -0.39 is 4.92 Å². The van der Waals surface area contributed by atoms with Gasteiger partial charge in [-0.15, -0.1) is 0 Å². The summed E-state index contributed by atoms with van der Waals surface area (Å²) in [5.74, 6) is 0.453. The minimum Gasteiger partial charge on any atom is -0.364 e. The molecule has 2 aromatic rings. The molecule has 0 unspecified atom stereocenters. The van der Waals surface area contributed by atoms with Crippen LogP contribution in [0.3, 0.4) is 0 Å². The Morgan fingerprint density at radius 1 is 1.41 bits per heavy atom. The molecule has 11 heteroatoms. The van der Waals surface area contributed by atoms with E-state index in [2.05, 4.69) is 15.5 Å². The molecule has 2 heterocycles. The number of benzene rings is 1. The maximum absolute atomic E-state index is 12.3. The number of carbonyl (C=O) groups excluding carboxylic acids is 2. The number of nitrogens with one attached hydrogen (secondary N) is 1. The lowest BCUT2D eigenvalue weighted by Crippen LogP contribution is -2.40. The Kier molecular flexibility index (Phi) is 7.06. The molecule has 0 saturated carbocycles. The Labute approximate surface area is 185 Å². The SMILES string of the molecule is CCc1nc(CN(C(C)=O)[C@@H]2CCN(c3ccc(C(=O)NC(C)C)cc3[N+](=O)[O-])C2)no1. The molecule has 0 radical (unpaired) electrons. The summed E-state index contributed by atoms with van der Waals surface area (Å²) in [6.45, 7) is 8.21. The maximum atomic E-state index is 12.3. The summed E-state index contributed by atoms with van der Waals surface area (Å²) >= 11 is 0. The van der Waals surface area contributed by atoms with Crippen LogP contribution in [-0.4, -0.2) is 57.0 Å². The molecular weight excluding hydrogens is 416 g/mol. The van der Waals surface area contributed by atoms with Crippen molar-refractivity contribution in [3.8, 4) is 0 Å². The van der Waals surface area contributed by atoms with Crippen LogP contribution in [0.5, 0.6) is 0 Å². The second kappa shape index (κ2) is 9.75. The molecule has 1 aliphatic heterocycles. The Morgan fingerprint density at radius 2 is 2.16 bits per heavy atom. The summed E-state index contributed by atoms with van der Waals surface area (Å²) in [5, 5.41) is 18.4. The Bertz CT molecular complexity index is 1000. The van der Waals surface area contributed by atoms with Gasteiger partial charge in [0.25, 0.3) is 11.6 Å². The quantitative estimate of drug-likeness (QED) is 0.484. The average molecular weight is 444 g/mol. The molecule has 1 saturated heterocycles. The van der Waals surface area contributed by atoms with Crippen molar-refractivity contribution in [1.82, 2.24) is 20.4 Å². The van der Waals surface area contributed by atoms with Crippen LogP contribution >= 0.6 is 0 Å². The largest absolute Gasteiger partial charge is 0.364 e. The summed E-state index contributed by atoms with van der Waals surface area (Å²) < 4.78 is 5.13. The highest BCUT2D eigenvalue weighted by molar-refractivity contribution is 5.96. The highest BCUT2D eigenvalue weighted by atomic mass is 16.6. The van der Waals surface area contributed by atoms with Gasteiger partial charge in [-0.1, -0.05) is 12.1 Å². The molecule has 0 spiro atoms. The molecule has 1 aromatic heterocycles. The van der Waals surface area contributed by atoms with E-state index in [4.69, 9.17) is 4.52 Å². The maximum Gasteiger partial charge on any atom is 0.293 e. The monoisotopic (exact) mass is 444 g/mol. The fraction of sp³-hybridized carbons (Fsp3) is 0.524. The number of aromatic nitrogens is 2. The lowest BCUT2D eigenvalue weighted by atomic mass is 10.1. The molecule has 0 aliphatic carbocycles. The van der Waals surface area contributed by atoms with Crippen LogP contribution in [0.2, 0.25) is 0 Å². The van der Waals surface area contributed by atoms with Gasteiger partial charge in [-0.2, -0.15) is 4.98 Å². The molecule has 1 N–H and O–H groups in total. The van der Waals surface area contributed by atoms with E-state index in [9.17, 15) is 19.7 Å². The predicted molar refractivity (Wildman–Crippen MR) is 116 cm³/mol. The first-order valence-corrected chi connectivity index (χ1v) is 10.6. The van der Waals surface area contributed by atoms with Gasteiger partial charge in [0, 0.05) is 44.1 Å². The van der Waals surface area contributed by atoms with Gasteiger partial charge in [-0.25, -0.2) is 0 Å². The Hall–Kier alpha value is -3.50. The van der Waals surface area contributed by atoms with Crippen molar-refractivity contribution in [2.24, 2.45) is 0 Å². The Balaban J connectivity index is 1.78. The van der Waals surface area contributed by atoms with Crippen molar-refractivity contribution in [3.63, 3.8) is 0 Å². The molecule has 1 atom stereocenters. The molecule has 1 fully saturated rings. The van der Waals surface area contributed by atoms with E-state index in [0.717, 1.165) is 0 Å². The van der Waals surface area contributed by atoms with Gasteiger partial charge in [0.1, 0.15) is 5.69 Å². The smallest absolute Gasteiger partial charge is 0.293 e. The van der Waals surface area contributed by atoms with Gasteiger partial charge in [0.05, 0.1) is 17.5 Å². The number of hydrogen-bond acceptors (Lipinski definition) is 8. The molecule has 3 rings (SSSR count). The lowest BCUT2D eigenvalue weighted by molar-refractivity contribution is -0.384. The van der Waals surface area contributed by atoms with Gasteiger partial charge < -0.3 is 19.6 Å². The zero-order valence-electron chi connectivity index (χ0n) is 18.7. The number of carbonyl (C=O) groups is 2. The van der Waals surface area contributed by atoms with E-state index in [0.29, 0.717) is 43.3 Å². The summed E-state index contributed by atoms with van der Waals surface area (Å²) in [6, 6.07) is 4.25. The molecule has 1 aromatic carbocycles. The van der Waals surface area contributed by atoms with Crippen LogP contribution in [0.25, 0.3) is 0 Å². The van der Waals surface area contributed by atoms with Gasteiger partial charge in [-0.3, -0.25) is 19.7 Å². The normalized spacial score (nSPS) is 15.8. The van der Waals surface area contributed by atoms with Gasteiger partial charge in [0.15, 0.2) is 5.82 Å². The Morgan fingerprint density at radius 3 is 2.75 bits per heavy atom. The number of rotatable bonds is 8. The van der Waals surface area contributed by atoms with Crippen LogP contribution in [0.15, 0.2) is 22.7 Å². The number of aryl methyl sites for hydroxylation is 1. The van der Waals surface area contributed by atoms with E-state index in [1.807, 2.05) is 25.7 Å². The molecule has 1 aliphatic rings. The van der Waals surface area contributed by atoms with Crippen molar-refractivity contribution in [2.75, 3.05) is 18.0 Å². The standard InChI is InChI=1S/C21H28N6O5/c1-5-20-23-19(24-32-20)12-26(14(4)28)16-8-9-25(11-16)17-7-6-15(10-18(17)27(30)31)21(29)22-13(2)3/h6-7,10,13,16H,5,8-9,11-12H2,1-4H3,(H,22,29)/t16-/m1/s1. The van der Waals surface area contributed by atoms with E-state index in [1.165, 1.54) is 13.0 Å². The van der Waals surface area contributed by atoms with Crippen LogP contribution < -0.4 is 10.2 Å². The van der Waals surface area contributed by atoms with E-state index in [-0.39, 0.29) is 41.7 Å². The number of hydrogen-bond donors (Lipinski definition) is 1. The molecule has 0 bridgehead atoms. The second-order valence-electron chi connectivity index (χ2n) is 8.08. The van der Waals surface area contributed by atoms with Crippen molar-refractivity contribution in [2.45, 2.75) is 59.2 Å². The fourth-order valence-corrected chi connectivity index (χ4v) is 3.79. The third-order valence-electron chi connectivity index (χ3n) is 5.33. The number of nitrogens with zero attached hydrogens (tertiary/aromatic N) is 5. The van der Waals surface area contributed by atoms with Crippen molar-refractivity contribution < 1.29 is 19.0 Å². The highest BCUT2D eigenvalue weighted by Crippen LogP contribution is 2.33. The third-order valence-corrected chi connectivity index (χ3v) is 5.33. The molecule has 2 amide bonds. The molecule has 32 heavy (non-hydrogen) atoms. The number of anilines is 1. The molecule has 11 nitrogen and oxygen atoms in total. The van der Waals surface area contributed by atoms with Crippen LogP contribution in [0.1, 0.15) is 56.2 Å². The first-order valence-electron chi connectivity index (χ1n) is 10.6. The minimum atomic E-state index is -0.483. The van der Waals surface area contributed by atoms with E-state index >= 15 is 0 Å². The zero-order valence-corrected chi connectivity index (χ0v) is 18.7. The third kappa shape index (κ3) is 5.21. The number of nitro benzene ring substituents is 1. The number of nitro groups is 1. The van der Waals surface area contributed by atoms with Crippen LogP contribution in [-0.2, 0) is 17.8 Å². The van der Waals surface area contributed by atoms with Crippen molar-refractivity contribution >= 4 is 23.2 Å². The van der Waals surface area contributed by atoms with Crippen LogP contribution in [0, 0.1) is 10.1 Å². The molecular formula is C21H28N6O5. The minimum absolute atomic E-state index is 0.0780. The zero-order chi connectivity index (χ0) is 23.4. The average Bonchev–Trinajstić information content (AvgIpc) is 3.40.